The number of rotatable bonds is 6. The maximum Gasteiger partial charge on any atom is 0.416 e. The number of hydrogen-bond donors (Lipinski definition) is 1. The summed E-state index contributed by atoms with van der Waals surface area (Å²) in [5.74, 6) is -0.679. The minimum Gasteiger partial charge on any atom is -0.350 e. The second-order valence-corrected chi connectivity index (χ2v) is 9.01. The topological polar surface area (TPSA) is 52.7 Å². The lowest BCUT2D eigenvalue weighted by Crippen LogP contribution is -2.52. The van der Waals surface area contributed by atoms with E-state index in [9.17, 15) is 22.8 Å². The van der Waals surface area contributed by atoms with Gasteiger partial charge < -0.3 is 10.2 Å². The first kappa shape index (κ1) is 25.7. The third-order valence-electron chi connectivity index (χ3n) is 6.11. The van der Waals surface area contributed by atoms with Gasteiger partial charge in [0.25, 0.3) is 5.91 Å². The first-order chi connectivity index (χ1) is 17.2. The highest BCUT2D eigenvalue weighted by atomic mass is 35.5. The molecule has 5 nitrogen and oxygen atoms in total. The smallest absolute Gasteiger partial charge is 0.350 e. The van der Waals surface area contributed by atoms with Crippen LogP contribution in [0.5, 0.6) is 0 Å². The number of amides is 2. The van der Waals surface area contributed by atoms with E-state index in [1.54, 1.807) is 0 Å². The minimum atomic E-state index is -4.60. The number of alkyl halides is 3. The Labute approximate surface area is 212 Å². The summed E-state index contributed by atoms with van der Waals surface area (Å²) in [7, 11) is 0. The summed E-state index contributed by atoms with van der Waals surface area (Å²) >= 11 is 5.86. The summed E-state index contributed by atoms with van der Waals surface area (Å²) in [5.41, 5.74) is 0.736. The second kappa shape index (κ2) is 11.1. The Bertz CT molecular complexity index is 1200. The van der Waals surface area contributed by atoms with Gasteiger partial charge in [-0.05, 0) is 29.3 Å². The zero-order valence-electron chi connectivity index (χ0n) is 19.3. The van der Waals surface area contributed by atoms with Gasteiger partial charge in [-0.1, -0.05) is 72.3 Å². The Morgan fingerprint density at radius 2 is 1.50 bits per heavy atom. The Hall–Kier alpha value is -3.36. The molecule has 4 rings (SSSR count). The first-order valence-corrected chi connectivity index (χ1v) is 11.9. The third kappa shape index (κ3) is 6.25. The van der Waals surface area contributed by atoms with Crippen LogP contribution in [0.4, 0.5) is 13.2 Å². The molecule has 1 saturated heterocycles. The van der Waals surface area contributed by atoms with Crippen molar-refractivity contribution in [2.75, 3.05) is 26.2 Å². The zero-order valence-corrected chi connectivity index (χ0v) is 20.1. The number of nitrogens with zero attached hydrogens (tertiary/aromatic N) is 2. The monoisotopic (exact) mass is 515 g/mol. The van der Waals surface area contributed by atoms with Crippen LogP contribution in [0.2, 0.25) is 5.02 Å². The van der Waals surface area contributed by atoms with Gasteiger partial charge in [0, 0.05) is 43.3 Å². The van der Waals surface area contributed by atoms with Gasteiger partial charge >= 0.3 is 6.18 Å². The molecule has 0 radical (unpaired) electrons. The quantitative estimate of drug-likeness (QED) is 0.492. The molecule has 1 fully saturated rings. The zero-order chi connectivity index (χ0) is 25.7. The predicted molar refractivity (Wildman–Crippen MR) is 131 cm³/mol. The average Bonchev–Trinajstić information content (AvgIpc) is 2.88. The molecule has 0 aromatic heterocycles. The van der Waals surface area contributed by atoms with Crippen molar-refractivity contribution >= 4 is 23.4 Å². The second-order valence-electron chi connectivity index (χ2n) is 8.57. The molecule has 188 valence electrons. The number of carbonyl (C=O) groups is 2. The van der Waals surface area contributed by atoms with Crippen molar-refractivity contribution in [2.45, 2.75) is 18.8 Å². The van der Waals surface area contributed by atoms with Crippen molar-refractivity contribution in [1.82, 2.24) is 15.1 Å². The Balaban J connectivity index is 1.46. The normalized spacial score (nSPS) is 15.4. The number of carbonyl (C=O) groups excluding carboxylic acids is 2. The molecule has 0 unspecified atom stereocenters. The predicted octanol–water partition coefficient (Wildman–Crippen LogP) is 5.17. The molecule has 36 heavy (non-hydrogen) atoms. The van der Waals surface area contributed by atoms with Crippen molar-refractivity contribution < 1.29 is 22.8 Å². The van der Waals surface area contributed by atoms with Gasteiger partial charge in [-0.15, -0.1) is 0 Å². The van der Waals surface area contributed by atoms with Crippen LogP contribution in [-0.4, -0.2) is 47.8 Å². The summed E-state index contributed by atoms with van der Waals surface area (Å²) in [6.07, 6.45) is -4.60. The maximum absolute atomic E-state index is 13.3. The Morgan fingerprint density at radius 1 is 0.889 bits per heavy atom. The summed E-state index contributed by atoms with van der Waals surface area (Å²) in [6, 6.07) is 21.3. The lowest BCUT2D eigenvalue weighted by molar-refractivity contribution is -0.137. The van der Waals surface area contributed by atoms with Gasteiger partial charge in [-0.3, -0.25) is 14.5 Å². The summed E-state index contributed by atoms with van der Waals surface area (Å²) < 4.78 is 39.5. The molecule has 0 aliphatic carbocycles. The molecule has 1 heterocycles. The van der Waals surface area contributed by atoms with Crippen molar-refractivity contribution in [2.24, 2.45) is 0 Å². The van der Waals surface area contributed by atoms with E-state index in [0.29, 0.717) is 19.6 Å². The van der Waals surface area contributed by atoms with Crippen molar-refractivity contribution in [1.29, 1.82) is 0 Å². The van der Waals surface area contributed by atoms with Crippen LogP contribution in [0.25, 0.3) is 0 Å². The molecule has 1 atom stereocenters. The van der Waals surface area contributed by atoms with E-state index in [1.807, 2.05) is 65.6 Å². The van der Waals surface area contributed by atoms with Gasteiger partial charge in [0.2, 0.25) is 5.91 Å². The van der Waals surface area contributed by atoms with Gasteiger partial charge in [0.1, 0.15) is 6.04 Å². The average molecular weight is 516 g/mol. The molecule has 2 amide bonds. The van der Waals surface area contributed by atoms with Crippen molar-refractivity contribution in [3.05, 3.63) is 106 Å². The number of nitrogens with one attached hydrogen (secondary N) is 1. The molecular weight excluding hydrogens is 491 g/mol. The molecule has 3 aromatic rings. The molecule has 0 saturated carbocycles. The molecule has 9 heteroatoms. The molecule has 1 aliphatic heterocycles. The Morgan fingerprint density at radius 3 is 2.11 bits per heavy atom. The van der Waals surface area contributed by atoms with E-state index in [-0.39, 0.29) is 29.6 Å². The highest BCUT2D eigenvalue weighted by Gasteiger charge is 2.34. The first-order valence-electron chi connectivity index (χ1n) is 11.5. The summed E-state index contributed by atoms with van der Waals surface area (Å²) in [5, 5.41) is 2.85. The lowest BCUT2D eigenvalue weighted by atomic mass is 10.0. The lowest BCUT2D eigenvalue weighted by Gasteiger charge is -2.39. The van der Waals surface area contributed by atoms with E-state index < -0.39 is 23.7 Å². The standard InChI is InChI=1S/C27H25ClF3N3O2/c28-23-16-21(15-22(17-23)27(29,30)31)26(36)34-13-11-33(12-14-34)24(20-9-5-2-6-10-20)25(35)32-18-19-7-3-1-4-8-19/h1-10,15-17,24H,11-14,18H2,(H,32,35)/t24-/m0/s1. The van der Waals surface area contributed by atoms with Crippen LogP contribution in [0.3, 0.4) is 0 Å². The fraction of sp³-hybridized carbons (Fsp3) is 0.259. The van der Waals surface area contributed by atoms with Crippen LogP contribution in [0.15, 0.2) is 78.9 Å². The largest absolute Gasteiger partial charge is 0.416 e. The van der Waals surface area contributed by atoms with E-state index >= 15 is 0 Å². The fourth-order valence-corrected chi connectivity index (χ4v) is 4.52. The van der Waals surface area contributed by atoms with Crippen molar-refractivity contribution in [3.63, 3.8) is 0 Å². The van der Waals surface area contributed by atoms with Gasteiger partial charge in [0.05, 0.1) is 5.56 Å². The molecule has 3 aromatic carbocycles. The third-order valence-corrected chi connectivity index (χ3v) is 6.33. The van der Waals surface area contributed by atoms with E-state index in [1.165, 1.54) is 11.0 Å². The van der Waals surface area contributed by atoms with Crippen LogP contribution in [0, 0.1) is 0 Å². The van der Waals surface area contributed by atoms with Crippen LogP contribution in [-0.2, 0) is 17.5 Å². The minimum absolute atomic E-state index is 0.108. The fourth-order valence-electron chi connectivity index (χ4n) is 4.29. The summed E-state index contributed by atoms with van der Waals surface area (Å²) in [4.78, 5) is 29.7. The Kier molecular flexibility index (Phi) is 7.96. The molecule has 0 bridgehead atoms. The van der Waals surface area contributed by atoms with Gasteiger partial charge in [-0.25, -0.2) is 0 Å². The molecule has 1 N–H and O–H groups in total. The van der Waals surface area contributed by atoms with E-state index in [2.05, 4.69) is 5.32 Å². The van der Waals surface area contributed by atoms with Gasteiger partial charge in [0.15, 0.2) is 0 Å². The van der Waals surface area contributed by atoms with E-state index in [4.69, 9.17) is 11.6 Å². The highest BCUT2D eigenvalue weighted by Crippen LogP contribution is 2.32. The SMILES string of the molecule is O=C(NCc1ccccc1)[C@H](c1ccccc1)N1CCN(C(=O)c2cc(Cl)cc(C(F)(F)F)c2)CC1. The molecule has 1 aliphatic rings. The number of hydrogen-bond acceptors (Lipinski definition) is 3. The molecular formula is C27H25ClF3N3O2. The number of piperazine rings is 1. The van der Waals surface area contributed by atoms with Crippen LogP contribution in [0.1, 0.15) is 33.1 Å². The van der Waals surface area contributed by atoms with Crippen LogP contribution >= 0.6 is 11.6 Å². The maximum atomic E-state index is 13.3. The van der Waals surface area contributed by atoms with E-state index in [0.717, 1.165) is 23.3 Å². The van der Waals surface area contributed by atoms with Crippen molar-refractivity contribution in [3.8, 4) is 0 Å². The van der Waals surface area contributed by atoms with Crippen LogP contribution < -0.4 is 5.32 Å². The number of benzene rings is 3. The summed E-state index contributed by atoms with van der Waals surface area (Å²) in [6.45, 7) is 1.69. The van der Waals surface area contributed by atoms with Gasteiger partial charge in [-0.2, -0.15) is 13.2 Å². The number of halogens is 4. The highest BCUT2D eigenvalue weighted by molar-refractivity contribution is 6.31. The molecule has 0 spiro atoms.